The molecule has 0 unspecified atom stereocenters. The first kappa shape index (κ1) is 16.7. The summed E-state index contributed by atoms with van der Waals surface area (Å²) < 4.78 is 33.9. The van der Waals surface area contributed by atoms with Crippen LogP contribution in [0.15, 0.2) is 39.6 Å². The topological polar surface area (TPSA) is 109 Å². The Balaban J connectivity index is 1.70. The minimum absolute atomic E-state index is 0.0235. The zero-order valence-corrected chi connectivity index (χ0v) is 15.0. The van der Waals surface area contributed by atoms with E-state index in [0.717, 1.165) is 5.56 Å². The number of rotatable bonds is 2. The van der Waals surface area contributed by atoms with Crippen molar-refractivity contribution in [1.82, 2.24) is 5.32 Å². The molecule has 0 aliphatic carbocycles. The van der Waals surface area contributed by atoms with E-state index in [0.29, 0.717) is 17.8 Å². The molecule has 2 aliphatic heterocycles. The lowest BCUT2D eigenvalue weighted by Crippen LogP contribution is -2.28. The third kappa shape index (κ3) is 2.74. The van der Waals surface area contributed by atoms with E-state index in [1.807, 2.05) is 0 Å². The van der Waals surface area contributed by atoms with E-state index < -0.39 is 10.0 Å². The number of hydrogen-bond acceptors (Lipinski definition) is 6. The van der Waals surface area contributed by atoms with E-state index in [1.54, 1.807) is 18.2 Å². The summed E-state index contributed by atoms with van der Waals surface area (Å²) in [5.74, 6) is 0.183. The molecule has 0 radical (unpaired) electrons. The summed E-state index contributed by atoms with van der Waals surface area (Å²) in [5.41, 5.74) is 2.28. The van der Waals surface area contributed by atoms with Crippen LogP contribution in [-0.4, -0.2) is 27.4 Å². The average Bonchev–Trinajstić information content (AvgIpc) is 2.95. The van der Waals surface area contributed by atoms with Gasteiger partial charge in [-0.2, -0.15) is 8.42 Å². The lowest BCUT2D eigenvalue weighted by atomic mass is 10.1. The predicted molar refractivity (Wildman–Crippen MR) is 97.5 cm³/mol. The number of nitrogens with zero attached hydrogens (tertiary/aromatic N) is 1. The van der Waals surface area contributed by atoms with E-state index in [1.165, 1.54) is 19.2 Å². The average molecular weight is 393 g/mol. The zero-order chi connectivity index (χ0) is 18.5. The van der Waals surface area contributed by atoms with Gasteiger partial charge in [0.15, 0.2) is 0 Å². The number of benzene rings is 2. The number of guanidine groups is 1. The van der Waals surface area contributed by atoms with Crippen molar-refractivity contribution in [1.29, 1.82) is 0 Å². The van der Waals surface area contributed by atoms with Gasteiger partial charge in [0.25, 0.3) is 15.9 Å². The molecule has 0 spiro atoms. The molecule has 2 aromatic rings. The smallest absolute Gasteiger partial charge is 0.287 e. The van der Waals surface area contributed by atoms with Crippen LogP contribution in [0, 0.1) is 0 Å². The first-order valence-electron chi connectivity index (χ1n) is 7.55. The number of hydrogen-bond donors (Lipinski definition) is 3. The van der Waals surface area contributed by atoms with Crippen molar-refractivity contribution in [2.75, 3.05) is 17.7 Å². The lowest BCUT2D eigenvalue weighted by molar-refractivity contribution is 0.0965. The van der Waals surface area contributed by atoms with Gasteiger partial charge in [-0.15, -0.1) is 4.40 Å². The van der Waals surface area contributed by atoms with Crippen LogP contribution in [0.1, 0.15) is 15.9 Å². The van der Waals surface area contributed by atoms with Gasteiger partial charge in [-0.3, -0.25) is 4.79 Å². The lowest BCUT2D eigenvalue weighted by Gasteiger charge is -2.21. The molecule has 3 N–H and O–H groups in total. The Morgan fingerprint density at radius 3 is 2.85 bits per heavy atom. The molecule has 0 atom stereocenters. The van der Waals surface area contributed by atoms with Gasteiger partial charge in [-0.25, -0.2) is 0 Å². The third-order valence-electron chi connectivity index (χ3n) is 4.04. The second-order valence-corrected chi connectivity index (χ2v) is 7.71. The molecule has 10 heteroatoms. The number of halogens is 1. The second-order valence-electron chi connectivity index (χ2n) is 5.70. The van der Waals surface area contributed by atoms with Crippen molar-refractivity contribution < 1.29 is 17.9 Å². The number of anilines is 2. The van der Waals surface area contributed by atoms with Crippen molar-refractivity contribution in [2.24, 2.45) is 4.40 Å². The summed E-state index contributed by atoms with van der Waals surface area (Å²) in [4.78, 5) is 11.6. The van der Waals surface area contributed by atoms with Crippen molar-refractivity contribution >= 4 is 44.9 Å². The molecule has 2 aliphatic rings. The molecule has 0 saturated carbocycles. The highest BCUT2D eigenvalue weighted by Gasteiger charge is 2.29. The minimum atomic E-state index is -3.95. The fraction of sp³-hybridized carbons (Fsp3) is 0.125. The number of fused-ring (bicyclic) bond motifs is 2. The van der Waals surface area contributed by atoms with Crippen molar-refractivity contribution in [2.45, 2.75) is 11.4 Å². The van der Waals surface area contributed by atoms with Crippen LogP contribution in [0.25, 0.3) is 0 Å². The van der Waals surface area contributed by atoms with Crippen molar-refractivity contribution in [3.05, 3.63) is 46.5 Å². The Hall–Kier alpha value is -2.78. The largest absolute Gasteiger partial charge is 0.494 e. The molecular formula is C16H13ClN4O4S. The Kier molecular flexibility index (Phi) is 3.78. The monoisotopic (exact) mass is 392 g/mol. The number of ether oxygens (including phenoxy) is 1. The molecule has 0 saturated heterocycles. The van der Waals surface area contributed by atoms with Crippen LogP contribution >= 0.6 is 11.6 Å². The van der Waals surface area contributed by atoms with Gasteiger partial charge in [0, 0.05) is 28.9 Å². The van der Waals surface area contributed by atoms with Crippen LogP contribution in [-0.2, 0) is 16.6 Å². The van der Waals surface area contributed by atoms with Gasteiger partial charge < -0.3 is 20.7 Å². The van der Waals surface area contributed by atoms with E-state index in [9.17, 15) is 13.2 Å². The second kappa shape index (κ2) is 5.89. The van der Waals surface area contributed by atoms with Crippen LogP contribution in [0.2, 0.25) is 5.02 Å². The molecule has 4 rings (SSSR count). The molecule has 2 aromatic carbocycles. The highest BCUT2D eigenvalue weighted by atomic mass is 35.5. The minimum Gasteiger partial charge on any atom is -0.494 e. The van der Waals surface area contributed by atoms with E-state index in [2.05, 4.69) is 20.3 Å². The number of methoxy groups -OCH3 is 1. The van der Waals surface area contributed by atoms with Gasteiger partial charge in [-0.1, -0.05) is 11.6 Å². The number of nitrogens with one attached hydrogen (secondary N) is 3. The van der Waals surface area contributed by atoms with Crippen LogP contribution in [0.5, 0.6) is 5.75 Å². The fourth-order valence-corrected chi connectivity index (χ4v) is 4.25. The maximum atomic E-state index is 12.5. The number of carbonyl (C=O) groups is 1. The van der Waals surface area contributed by atoms with Gasteiger partial charge in [-0.05, 0) is 29.8 Å². The Morgan fingerprint density at radius 1 is 1.27 bits per heavy atom. The predicted octanol–water partition coefficient (Wildman–Crippen LogP) is 2.17. The van der Waals surface area contributed by atoms with Crippen LogP contribution in [0.4, 0.5) is 11.4 Å². The normalized spacial score (nSPS) is 16.7. The summed E-state index contributed by atoms with van der Waals surface area (Å²) in [7, 11) is -2.53. The van der Waals surface area contributed by atoms with Gasteiger partial charge >= 0.3 is 0 Å². The maximum absolute atomic E-state index is 12.5. The summed E-state index contributed by atoms with van der Waals surface area (Å²) in [6.07, 6.45) is 0. The first-order chi connectivity index (χ1) is 12.4. The van der Waals surface area contributed by atoms with E-state index in [4.69, 9.17) is 16.3 Å². The Bertz CT molecular complexity index is 1080. The van der Waals surface area contributed by atoms with E-state index in [-0.39, 0.29) is 33.2 Å². The van der Waals surface area contributed by atoms with Gasteiger partial charge in [0.05, 0.1) is 7.11 Å². The Morgan fingerprint density at radius 2 is 2.08 bits per heavy atom. The van der Waals surface area contributed by atoms with Crippen molar-refractivity contribution in [3.8, 4) is 5.75 Å². The zero-order valence-electron chi connectivity index (χ0n) is 13.5. The standard InChI is InChI=1S/C16H13ClN4O4S/c1-25-12-5-9(17)6-13-14(12)20-16(21-26(13,23)24)19-10-2-3-11-8(4-10)7-18-15(11)22/h2-6H,7H2,1H3,(H,18,22)(H2,19,20,21). The fourth-order valence-electron chi connectivity index (χ4n) is 2.86. The summed E-state index contributed by atoms with van der Waals surface area (Å²) in [6, 6.07) is 7.94. The highest BCUT2D eigenvalue weighted by molar-refractivity contribution is 7.90. The molecule has 8 nitrogen and oxygen atoms in total. The van der Waals surface area contributed by atoms with Gasteiger partial charge in [0.2, 0.25) is 5.96 Å². The summed E-state index contributed by atoms with van der Waals surface area (Å²) in [6.45, 7) is 0.428. The number of carbonyl (C=O) groups excluding carboxylic acids is 1. The molecule has 26 heavy (non-hydrogen) atoms. The summed E-state index contributed by atoms with van der Waals surface area (Å²) in [5, 5.41) is 8.79. The molecule has 134 valence electrons. The van der Waals surface area contributed by atoms with E-state index >= 15 is 0 Å². The first-order valence-corrected chi connectivity index (χ1v) is 9.37. The van der Waals surface area contributed by atoms with Crippen molar-refractivity contribution in [3.63, 3.8) is 0 Å². The summed E-state index contributed by atoms with van der Waals surface area (Å²) >= 11 is 5.95. The van der Waals surface area contributed by atoms with Crippen LogP contribution in [0.3, 0.4) is 0 Å². The third-order valence-corrected chi connectivity index (χ3v) is 5.55. The highest BCUT2D eigenvalue weighted by Crippen LogP contribution is 2.38. The van der Waals surface area contributed by atoms with Gasteiger partial charge in [0.1, 0.15) is 16.3 Å². The number of amides is 1. The Labute approximate surface area is 154 Å². The maximum Gasteiger partial charge on any atom is 0.287 e. The molecule has 2 heterocycles. The number of sulfonamides is 1. The molecule has 1 amide bonds. The SMILES string of the molecule is COc1cc(Cl)cc2c1NC(Nc1ccc3c(c1)CNC3=O)=NS2(=O)=O. The molecule has 0 bridgehead atoms. The quantitative estimate of drug-likeness (QED) is 0.722. The molecular weight excluding hydrogens is 380 g/mol. The molecule has 0 fully saturated rings. The molecule has 0 aromatic heterocycles. The van der Waals surface area contributed by atoms with Crippen LogP contribution < -0.4 is 20.7 Å².